The Morgan fingerprint density at radius 1 is 1.04 bits per heavy atom. The molecule has 1 unspecified atom stereocenters. The van der Waals surface area contributed by atoms with Crippen LogP contribution in [0.15, 0.2) is 24.3 Å². The lowest BCUT2D eigenvalue weighted by atomic mass is 9.96. The van der Waals surface area contributed by atoms with Crippen LogP contribution in [0.5, 0.6) is 0 Å². The molecule has 0 aliphatic carbocycles. The van der Waals surface area contributed by atoms with E-state index in [0.29, 0.717) is 39.4 Å². The van der Waals surface area contributed by atoms with Crippen molar-refractivity contribution >= 4 is 17.5 Å². The van der Waals surface area contributed by atoms with Gasteiger partial charge in [0.15, 0.2) is 0 Å². The summed E-state index contributed by atoms with van der Waals surface area (Å²) in [5.74, 6) is 0.402. The van der Waals surface area contributed by atoms with Crippen LogP contribution in [0.3, 0.4) is 0 Å². The van der Waals surface area contributed by atoms with Gasteiger partial charge in [0, 0.05) is 31.9 Å². The van der Waals surface area contributed by atoms with Crippen LogP contribution in [0.2, 0.25) is 0 Å². The number of nitrogens with zero attached hydrogens (tertiary/aromatic N) is 3. The summed E-state index contributed by atoms with van der Waals surface area (Å²) in [5, 5.41) is 0. The summed E-state index contributed by atoms with van der Waals surface area (Å²) >= 11 is 0. The van der Waals surface area contributed by atoms with Crippen LogP contribution in [-0.4, -0.2) is 74.1 Å². The minimum atomic E-state index is 0.0123. The maximum absolute atomic E-state index is 13.0. The van der Waals surface area contributed by atoms with Crippen LogP contribution < -0.4 is 4.90 Å². The van der Waals surface area contributed by atoms with Crippen molar-refractivity contribution in [1.29, 1.82) is 0 Å². The molecular weight excluding hydrogens is 342 g/mol. The zero-order valence-electron chi connectivity index (χ0n) is 15.9. The van der Waals surface area contributed by atoms with Crippen molar-refractivity contribution in [2.45, 2.75) is 25.7 Å². The number of piperidine rings is 1. The van der Waals surface area contributed by atoms with Gasteiger partial charge < -0.3 is 14.5 Å². The van der Waals surface area contributed by atoms with Crippen LogP contribution in [-0.2, 0) is 20.7 Å². The summed E-state index contributed by atoms with van der Waals surface area (Å²) in [6, 6.07) is 8.21. The van der Waals surface area contributed by atoms with Crippen LogP contribution in [0.1, 0.15) is 24.8 Å². The Morgan fingerprint density at radius 2 is 1.85 bits per heavy atom. The van der Waals surface area contributed by atoms with Gasteiger partial charge in [0.05, 0.1) is 25.7 Å². The second-order valence-corrected chi connectivity index (χ2v) is 7.79. The van der Waals surface area contributed by atoms with E-state index in [0.717, 1.165) is 44.5 Å². The SMILES string of the molecule is O=C(C1CCCN(CC(=O)N2CCCc3ccccc32)C1)N1CCOCC1. The Kier molecular flexibility index (Phi) is 5.74. The molecule has 1 aromatic carbocycles. The number of morpholine rings is 1. The number of hydrogen-bond acceptors (Lipinski definition) is 4. The first-order chi connectivity index (χ1) is 13.2. The zero-order valence-corrected chi connectivity index (χ0v) is 15.9. The van der Waals surface area contributed by atoms with E-state index < -0.39 is 0 Å². The minimum Gasteiger partial charge on any atom is -0.378 e. The summed E-state index contributed by atoms with van der Waals surface area (Å²) in [6.07, 6.45) is 3.96. The molecule has 6 nitrogen and oxygen atoms in total. The summed E-state index contributed by atoms with van der Waals surface area (Å²) < 4.78 is 5.35. The second-order valence-electron chi connectivity index (χ2n) is 7.79. The van der Waals surface area contributed by atoms with Crippen molar-refractivity contribution in [3.63, 3.8) is 0 Å². The number of likely N-dealkylation sites (tertiary alicyclic amines) is 1. The Morgan fingerprint density at radius 3 is 2.70 bits per heavy atom. The molecule has 2 amide bonds. The van der Waals surface area contributed by atoms with Gasteiger partial charge >= 0.3 is 0 Å². The molecule has 4 rings (SSSR count). The normalized spacial score (nSPS) is 23.8. The van der Waals surface area contributed by atoms with E-state index in [-0.39, 0.29) is 17.7 Å². The van der Waals surface area contributed by atoms with Crippen molar-refractivity contribution in [3.8, 4) is 0 Å². The van der Waals surface area contributed by atoms with Gasteiger partial charge in [-0.2, -0.15) is 0 Å². The molecule has 1 atom stereocenters. The molecule has 27 heavy (non-hydrogen) atoms. The van der Waals surface area contributed by atoms with Crippen LogP contribution in [0, 0.1) is 5.92 Å². The number of benzene rings is 1. The highest BCUT2D eigenvalue weighted by Crippen LogP contribution is 2.27. The summed E-state index contributed by atoms with van der Waals surface area (Å²) in [6.45, 7) is 5.44. The van der Waals surface area contributed by atoms with Gasteiger partial charge in [0.25, 0.3) is 0 Å². The number of ether oxygens (including phenoxy) is 1. The predicted molar refractivity (Wildman–Crippen MR) is 104 cm³/mol. The highest BCUT2D eigenvalue weighted by atomic mass is 16.5. The molecule has 2 fully saturated rings. The smallest absolute Gasteiger partial charge is 0.241 e. The van der Waals surface area contributed by atoms with Crippen LogP contribution in [0.25, 0.3) is 0 Å². The monoisotopic (exact) mass is 371 g/mol. The lowest BCUT2D eigenvalue weighted by molar-refractivity contribution is -0.142. The van der Waals surface area contributed by atoms with Gasteiger partial charge in [-0.1, -0.05) is 18.2 Å². The van der Waals surface area contributed by atoms with E-state index in [1.165, 1.54) is 5.56 Å². The third-order valence-electron chi connectivity index (χ3n) is 5.95. The standard InChI is InChI=1S/C21H29N3O3/c25-20(24-10-4-6-17-5-1-2-8-19(17)24)16-22-9-3-7-18(15-22)21(26)23-11-13-27-14-12-23/h1-2,5,8,18H,3-4,6-7,9-16H2. The van der Waals surface area contributed by atoms with Crippen molar-refractivity contribution < 1.29 is 14.3 Å². The van der Waals surface area contributed by atoms with E-state index in [2.05, 4.69) is 11.0 Å². The molecule has 0 radical (unpaired) electrons. The average molecular weight is 371 g/mol. The number of hydrogen-bond donors (Lipinski definition) is 0. The van der Waals surface area contributed by atoms with Crippen LogP contribution >= 0.6 is 0 Å². The number of amides is 2. The zero-order chi connectivity index (χ0) is 18.6. The van der Waals surface area contributed by atoms with Gasteiger partial charge in [-0.3, -0.25) is 14.5 Å². The number of carbonyl (C=O) groups excluding carboxylic acids is 2. The highest BCUT2D eigenvalue weighted by molar-refractivity contribution is 5.96. The van der Waals surface area contributed by atoms with Crippen LogP contribution in [0.4, 0.5) is 5.69 Å². The van der Waals surface area contributed by atoms with Gasteiger partial charge in [0.2, 0.25) is 11.8 Å². The number of rotatable bonds is 3. The molecule has 3 aliphatic rings. The van der Waals surface area contributed by atoms with E-state index in [4.69, 9.17) is 4.74 Å². The molecule has 2 saturated heterocycles. The fourth-order valence-electron chi connectivity index (χ4n) is 4.51. The number of fused-ring (bicyclic) bond motifs is 1. The van der Waals surface area contributed by atoms with Crippen molar-refractivity contribution in [2.24, 2.45) is 5.92 Å². The van der Waals surface area contributed by atoms with Gasteiger partial charge in [0.1, 0.15) is 0 Å². The first-order valence-corrected chi connectivity index (χ1v) is 10.2. The molecule has 3 heterocycles. The quantitative estimate of drug-likeness (QED) is 0.809. The third kappa shape index (κ3) is 4.17. The second kappa shape index (κ2) is 8.40. The fraction of sp³-hybridized carbons (Fsp3) is 0.619. The highest BCUT2D eigenvalue weighted by Gasteiger charge is 2.32. The van der Waals surface area contributed by atoms with E-state index in [9.17, 15) is 9.59 Å². The summed E-state index contributed by atoms with van der Waals surface area (Å²) in [7, 11) is 0. The molecule has 0 aromatic heterocycles. The van der Waals surface area contributed by atoms with Gasteiger partial charge in [-0.05, 0) is 43.9 Å². The minimum absolute atomic E-state index is 0.0123. The topological polar surface area (TPSA) is 53.1 Å². The van der Waals surface area contributed by atoms with Gasteiger partial charge in [-0.15, -0.1) is 0 Å². The van der Waals surface area contributed by atoms with E-state index in [1.807, 2.05) is 28.0 Å². The lowest BCUT2D eigenvalue weighted by Gasteiger charge is -2.37. The molecule has 0 saturated carbocycles. The molecule has 0 spiro atoms. The molecule has 3 aliphatic heterocycles. The Hall–Kier alpha value is -1.92. The fourth-order valence-corrected chi connectivity index (χ4v) is 4.51. The molecule has 146 valence electrons. The maximum Gasteiger partial charge on any atom is 0.241 e. The molecule has 6 heteroatoms. The molecule has 1 aromatic rings. The first kappa shape index (κ1) is 18.4. The van der Waals surface area contributed by atoms with Gasteiger partial charge in [-0.25, -0.2) is 0 Å². The number of para-hydroxylation sites is 1. The first-order valence-electron chi connectivity index (χ1n) is 10.2. The van der Waals surface area contributed by atoms with E-state index in [1.54, 1.807) is 0 Å². The number of carbonyl (C=O) groups is 2. The number of aryl methyl sites for hydroxylation is 1. The summed E-state index contributed by atoms with van der Waals surface area (Å²) in [5.41, 5.74) is 2.32. The number of anilines is 1. The lowest BCUT2D eigenvalue weighted by Crippen LogP contribution is -2.50. The van der Waals surface area contributed by atoms with Crippen molar-refractivity contribution in [3.05, 3.63) is 29.8 Å². The Bertz CT molecular complexity index is 687. The predicted octanol–water partition coefficient (Wildman–Crippen LogP) is 1.54. The Balaban J connectivity index is 1.37. The molecular formula is C21H29N3O3. The summed E-state index contributed by atoms with van der Waals surface area (Å²) in [4.78, 5) is 31.8. The molecule has 0 N–H and O–H groups in total. The Labute approximate surface area is 161 Å². The third-order valence-corrected chi connectivity index (χ3v) is 5.95. The molecule has 0 bridgehead atoms. The maximum atomic E-state index is 13.0. The van der Waals surface area contributed by atoms with E-state index >= 15 is 0 Å². The van der Waals surface area contributed by atoms with Crippen molar-refractivity contribution in [1.82, 2.24) is 9.80 Å². The average Bonchev–Trinajstić information content (AvgIpc) is 2.73. The van der Waals surface area contributed by atoms with Crippen molar-refractivity contribution in [2.75, 3.05) is 57.4 Å². The largest absolute Gasteiger partial charge is 0.378 e.